The van der Waals surface area contributed by atoms with Crippen molar-refractivity contribution in [3.8, 4) is 0 Å². The van der Waals surface area contributed by atoms with Gasteiger partial charge in [0.2, 0.25) is 0 Å². The van der Waals surface area contributed by atoms with Crippen molar-refractivity contribution in [3.05, 3.63) is 70.3 Å². The molecule has 0 bridgehead atoms. The number of carbonyl (C=O) groups excluding carboxylic acids is 1. The predicted octanol–water partition coefficient (Wildman–Crippen LogP) is 2.52. The average Bonchev–Trinajstić information content (AvgIpc) is 2.38. The lowest BCUT2D eigenvalue weighted by Crippen LogP contribution is -2.09. The van der Waals surface area contributed by atoms with Gasteiger partial charge in [-0.3, -0.25) is 4.79 Å². The minimum absolute atomic E-state index is 0.202. The van der Waals surface area contributed by atoms with Gasteiger partial charge in [-0.2, -0.15) is 0 Å². The standard InChI is InChI=1S/C16H16O3/c1-10-3-6-12(7-4-10)15(17)14-9-11(2)5-8-13(14)16(18)19/h3-9,16,18-19H,1-2H3. The van der Waals surface area contributed by atoms with Crippen molar-refractivity contribution in [2.24, 2.45) is 0 Å². The Morgan fingerprint density at radius 3 is 2.11 bits per heavy atom. The minimum Gasteiger partial charge on any atom is -0.364 e. The van der Waals surface area contributed by atoms with Crippen LogP contribution in [-0.2, 0) is 0 Å². The van der Waals surface area contributed by atoms with Crippen molar-refractivity contribution in [1.29, 1.82) is 0 Å². The third-order valence-corrected chi connectivity index (χ3v) is 3.05. The van der Waals surface area contributed by atoms with Crippen LogP contribution < -0.4 is 0 Å². The Morgan fingerprint density at radius 2 is 1.53 bits per heavy atom. The number of aliphatic hydroxyl groups excluding tert-OH is 1. The third kappa shape index (κ3) is 2.89. The third-order valence-electron chi connectivity index (χ3n) is 3.05. The van der Waals surface area contributed by atoms with Crippen LogP contribution in [0.15, 0.2) is 42.5 Å². The van der Waals surface area contributed by atoms with Crippen LogP contribution in [0.25, 0.3) is 0 Å². The summed E-state index contributed by atoms with van der Waals surface area (Å²) in [5.41, 5.74) is 3.08. The Bertz CT molecular complexity index is 598. The first kappa shape index (κ1) is 13.5. The maximum atomic E-state index is 12.4. The molecule has 3 heteroatoms. The second-order valence-electron chi connectivity index (χ2n) is 4.66. The molecule has 0 saturated carbocycles. The number of aryl methyl sites for hydroxylation is 2. The highest BCUT2D eigenvalue weighted by Gasteiger charge is 2.17. The molecular weight excluding hydrogens is 240 g/mol. The van der Waals surface area contributed by atoms with E-state index in [0.29, 0.717) is 11.1 Å². The Hall–Kier alpha value is -1.97. The molecule has 2 aromatic carbocycles. The first-order valence-corrected chi connectivity index (χ1v) is 6.07. The van der Waals surface area contributed by atoms with Gasteiger partial charge in [0.15, 0.2) is 12.1 Å². The van der Waals surface area contributed by atoms with E-state index in [9.17, 15) is 15.0 Å². The van der Waals surface area contributed by atoms with Crippen LogP contribution in [0.1, 0.15) is 38.9 Å². The Balaban J connectivity index is 2.48. The molecule has 3 nitrogen and oxygen atoms in total. The van der Waals surface area contributed by atoms with Crippen molar-refractivity contribution in [3.63, 3.8) is 0 Å². The molecule has 0 aliphatic heterocycles. The lowest BCUT2D eigenvalue weighted by Gasteiger charge is -2.11. The second kappa shape index (κ2) is 5.34. The maximum absolute atomic E-state index is 12.4. The Kier molecular flexibility index (Phi) is 3.79. The summed E-state index contributed by atoms with van der Waals surface area (Å²) in [5.74, 6) is -0.202. The summed E-state index contributed by atoms with van der Waals surface area (Å²) in [6.07, 6.45) is -1.65. The normalized spacial score (nSPS) is 10.8. The van der Waals surface area contributed by atoms with E-state index in [1.54, 1.807) is 30.3 Å². The molecule has 2 N–H and O–H groups in total. The van der Waals surface area contributed by atoms with E-state index in [0.717, 1.165) is 11.1 Å². The zero-order chi connectivity index (χ0) is 14.0. The van der Waals surface area contributed by atoms with Gasteiger partial charge in [-0.25, -0.2) is 0 Å². The number of carbonyl (C=O) groups is 1. The lowest BCUT2D eigenvalue weighted by atomic mass is 9.96. The lowest BCUT2D eigenvalue weighted by molar-refractivity contribution is -0.0429. The Labute approximate surface area is 112 Å². The molecule has 0 atom stereocenters. The van der Waals surface area contributed by atoms with Crippen LogP contribution in [0, 0.1) is 13.8 Å². The van der Waals surface area contributed by atoms with Gasteiger partial charge >= 0.3 is 0 Å². The molecule has 19 heavy (non-hydrogen) atoms. The molecule has 0 fully saturated rings. The summed E-state index contributed by atoms with van der Waals surface area (Å²) in [5, 5.41) is 18.7. The topological polar surface area (TPSA) is 57.5 Å². The van der Waals surface area contributed by atoms with Crippen molar-refractivity contribution in [1.82, 2.24) is 0 Å². The summed E-state index contributed by atoms with van der Waals surface area (Å²) >= 11 is 0. The van der Waals surface area contributed by atoms with Crippen LogP contribution in [0.4, 0.5) is 0 Å². The smallest absolute Gasteiger partial charge is 0.193 e. The van der Waals surface area contributed by atoms with E-state index in [-0.39, 0.29) is 11.3 Å². The second-order valence-corrected chi connectivity index (χ2v) is 4.66. The Morgan fingerprint density at radius 1 is 0.947 bits per heavy atom. The SMILES string of the molecule is Cc1ccc(C(=O)c2cc(C)ccc2C(O)O)cc1. The number of hydrogen-bond donors (Lipinski definition) is 2. The largest absolute Gasteiger partial charge is 0.364 e. The number of hydrogen-bond acceptors (Lipinski definition) is 3. The van der Waals surface area contributed by atoms with Crippen LogP contribution in [0.2, 0.25) is 0 Å². The summed E-state index contributed by atoms with van der Waals surface area (Å²) < 4.78 is 0. The van der Waals surface area contributed by atoms with Crippen LogP contribution in [-0.4, -0.2) is 16.0 Å². The fraction of sp³-hybridized carbons (Fsp3) is 0.188. The fourth-order valence-electron chi connectivity index (χ4n) is 1.95. The predicted molar refractivity (Wildman–Crippen MR) is 73.0 cm³/mol. The number of benzene rings is 2. The maximum Gasteiger partial charge on any atom is 0.193 e. The van der Waals surface area contributed by atoms with E-state index in [2.05, 4.69) is 0 Å². The van der Waals surface area contributed by atoms with E-state index >= 15 is 0 Å². The first-order valence-electron chi connectivity index (χ1n) is 6.07. The summed E-state index contributed by atoms with van der Waals surface area (Å²) in [4.78, 5) is 12.4. The van der Waals surface area contributed by atoms with E-state index in [4.69, 9.17) is 0 Å². The highest BCUT2D eigenvalue weighted by molar-refractivity contribution is 6.10. The highest BCUT2D eigenvalue weighted by atomic mass is 16.5. The average molecular weight is 256 g/mol. The molecule has 0 unspecified atom stereocenters. The van der Waals surface area contributed by atoms with Crippen molar-refractivity contribution in [2.45, 2.75) is 20.1 Å². The quantitative estimate of drug-likeness (QED) is 0.655. The number of ketones is 1. The zero-order valence-electron chi connectivity index (χ0n) is 10.9. The fourth-order valence-corrected chi connectivity index (χ4v) is 1.95. The summed E-state index contributed by atoms with van der Waals surface area (Å²) in [6, 6.07) is 12.2. The monoisotopic (exact) mass is 256 g/mol. The van der Waals surface area contributed by atoms with Crippen LogP contribution in [0.3, 0.4) is 0 Å². The molecule has 2 rings (SSSR count). The van der Waals surface area contributed by atoms with Gasteiger partial charge < -0.3 is 10.2 Å². The van der Waals surface area contributed by atoms with Gasteiger partial charge in [-0.05, 0) is 19.9 Å². The molecule has 0 radical (unpaired) electrons. The minimum atomic E-state index is -1.65. The first-order chi connectivity index (χ1) is 8.99. The van der Waals surface area contributed by atoms with E-state index in [1.165, 1.54) is 0 Å². The van der Waals surface area contributed by atoms with Crippen molar-refractivity contribution in [2.75, 3.05) is 0 Å². The van der Waals surface area contributed by atoms with Crippen LogP contribution >= 0.6 is 0 Å². The van der Waals surface area contributed by atoms with Crippen molar-refractivity contribution >= 4 is 5.78 Å². The molecular formula is C16H16O3. The van der Waals surface area contributed by atoms with Crippen LogP contribution in [0.5, 0.6) is 0 Å². The van der Waals surface area contributed by atoms with Gasteiger partial charge in [-0.1, -0.05) is 47.5 Å². The molecule has 0 aliphatic carbocycles. The molecule has 98 valence electrons. The number of aliphatic hydroxyl groups is 2. The van der Waals surface area contributed by atoms with Gasteiger partial charge in [0.05, 0.1) is 0 Å². The molecule has 0 aliphatic rings. The van der Waals surface area contributed by atoms with Gasteiger partial charge in [0, 0.05) is 16.7 Å². The summed E-state index contributed by atoms with van der Waals surface area (Å²) in [6.45, 7) is 3.81. The van der Waals surface area contributed by atoms with Crippen molar-refractivity contribution < 1.29 is 15.0 Å². The van der Waals surface area contributed by atoms with Gasteiger partial charge in [-0.15, -0.1) is 0 Å². The summed E-state index contributed by atoms with van der Waals surface area (Å²) in [7, 11) is 0. The van der Waals surface area contributed by atoms with E-state index in [1.807, 2.05) is 26.0 Å². The number of rotatable bonds is 3. The molecule has 0 aromatic heterocycles. The molecule has 0 spiro atoms. The molecule has 0 heterocycles. The molecule has 2 aromatic rings. The van der Waals surface area contributed by atoms with E-state index < -0.39 is 6.29 Å². The van der Waals surface area contributed by atoms with Gasteiger partial charge in [0.25, 0.3) is 0 Å². The molecule has 0 amide bonds. The molecule has 0 saturated heterocycles. The van der Waals surface area contributed by atoms with Gasteiger partial charge in [0.1, 0.15) is 0 Å². The zero-order valence-corrected chi connectivity index (χ0v) is 10.9. The highest BCUT2D eigenvalue weighted by Crippen LogP contribution is 2.21.